The monoisotopic (exact) mass is 664 g/mol. The highest BCUT2D eigenvalue weighted by Crippen LogP contribution is 2.29. The third-order valence-corrected chi connectivity index (χ3v) is 7.38. The van der Waals surface area contributed by atoms with E-state index in [0.29, 0.717) is 44.5 Å². The number of ketones is 2. The zero-order chi connectivity index (χ0) is 34.6. The van der Waals surface area contributed by atoms with E-state index in [9.17, 15) is 19.2 Å². The Labute approximate surface area is 283 Å². The number of hydrogen-bond acceptors (Lipinski definition) is 8. The molecule has 0 radical (unpaired) electrons. The average Bonchev–Trinajstić information content (AvgIpc) is 3.10. The summed E-state index contributed by atoms with van der Waals surface area (Å²) in [6.07, 6.45) is 0.782. The van der Waals surface area contributed by atoms with Crippen LogP contribution in [0.25, 0.3) is 0 Å². The number of carbonyl (C=O) groups excluding carboxylic acids is 4. The van der Waals surface area contributed by atoms with E-state index in [0.717, 1.165) is 17.7 Å². The molecular weight excluding hydrogens is 632 g/mol. The van der Waals surface area contributed by atoms with Crippen LogP contribution in [-0.2, 0) is 6.42 Å². The van der Waals surface area contributed by atoms with Gasteiger partial charge in [0, 0.05) is 17.2 Å². The molecule has 0 saturated heterocycles. The van der Waals surface area contributed by atoms with E-state index in [4.69, 9.17) is 30.5 Å². The topological polar surface area (TPSA) is 105 Å². The van der Waals surface area contributed by atoms with Gasteiger partial charge in [-0.1, -0.05) is 60.1 Å². The Morgan fingerprint density at radius 3 is 1.29 bits per heavy atom. The van der Waals surface area contributed by atoms with E-state index < -0.39 is 11.9 Å². The first-order valence-corrected chi connectivity index (χ1v) is 15.2. The fourth-order valence-corrected chi connectivity index (χ4v) is 4.63. The predicted octanol–water partition coefficient (Wildman–Crippen LogP) is 8.48. The van der Waals surface area contributed by atoms with Crippen LogP contribution in [-0.4, -0.2) is 37.7 Å². The van der Waals surface area contributed by atoms with Crippen molar-refractivity contribution in [3.05, 3.63) is 154 Å². The van der Waals surface area contributed by atoms with Gasteiger partial charge in [0.2, 0.25) is 0 Å². The minimum absolute atomic E-state index is 0.0395. The lowest BCUT2D eigenvalue weighted by Gasteiger charge is -2.07. The molecule has 0 aliphatic heterocycles. The summed E-state index contributed by atoms with van der Waals surface area (Å²) in [5, 5.41) is 0.356. The fraction of sp³-hybridized carbons (Fsp3) is 0.128. The molecule has 0 fully saturated rings. The van der Waals surface area contributed by atoms with Crippen LogP contribution < -0.4 is 18.9 Å². The first-order valence-electron chi connectivity index (χ1n) is 14.8. The third kappa shape index (κ3) is 9.88. The van der Waals surface area contributed by atoms with Gasteiger partial charge in [0.15, 0.2) is 11.6 Å². The van der Waals surface area contributed by atoms with E-state index in [1.54, 1.807) is 79.9 Å². The predicted molar refractivity (Wildman–Crippen MR) is 183 cm³/mol. The lowest BCUT2D eigenvalue weighted by Crippen LogP contribution is -2.08. The van der Waals surface area contributed by atoms with Crippen LogP contribution in [0.4, 0.5) is 0 Å². The quantitative estimate of drug-likeness (QED) is 0.0832. The van der Waals surface area contributed by atoms with E-state index >= 15 is 0 Å². The van der Waals surface area contributed by atoms with E-state index in [1.807, 2.05) is 36.4 Å². The number of benzene rings is 5. The van der Waals surface area contributed by atoms with Crippen LogP contribution in [0.2, 0.25) is 5.02 Å². The number of ether oxygens (including phenoxy) is 4. The maximum Gasteiger partial charge on any atom is 0.343 e. The number of hydrogen-bond donors (Lipinski definition) is 0. The molecule has 0 amide bonds. The summed E-state index contributed by atoms with van der Waals surface area (Å²) < 4.78 is 20.8. The highest BCUT2D eigenvalue weighted by molar-refractivity contribution is 6.32. The molecule has 244 valence electrons. The van der Waals surface area contributed by atoms with Crippen molar-refractivity contribution in [1.82, 2.24) is 0 Å². The van der Waals surface area contributed by atoms with Crippen molar-refractivity contribution in [2.24, 2.45) is 0 Å². The molecule has 0 aliphatic carbocycles. The fourth-order valence-electron chi connectivity index (χ4n) is 4.38. The minimum Gasteiger partial charge on any atom is -0.497 e. The summed E-state index contributed by atoms with van der Waals surface area (Å²) in [4.78, 5) is 46.7. The number of halogens is 1. The molecule has 9 heteroatoms. The molecule has 0 aliphatic rings. The number of esters is 2. The summed E-state index contributed by atoms with van der Waals surface area (Å²) >= 11 is 5.96. The molecule has 0 atom stereocenters. The average molecular weight is 665 g/mol. The zero-order valence-corrected chi connectivity index (χ0v) is 27.6. The molecule has 0 heterocycles. The second-order valence-corrected chi connectivity index (χ2v) is 10.9. The third-order valence-electron chi connectivity index (χ3n) is 7.09. The second kappa shape index (κ2) is 16.7. The van der Waals surface area contributed by atoms with Gasteiger partial charge < -0.3 is 18.9 Å². The van der Waals surface area contributed by atoms with Crippen molar-refractivity contribution >= 4 is 35.1 Å². The summed E-state index contributed by atoms with van der Waals surface area (Å²) in [6, 6.07) is 32.7. The second-order valence-electron chi connectivity index (χ2n) is 10.5. The minimum atomic E-state index is -0.522. The summed E-state index contributed by atoms with van der Waals surface area (Å²) in [7, 11) is 3.15. The summed E-state index contributed by atoms with van der Waals surface area (Å²) in [5.41, 5.74) is 4.15. The van der Waals surface area contributed by atoms with Crippen LogP contribution in [0.1, 0.15) is 66.4 Å². The van der Waals surface area contributed by atoms with Gasteiger partial charge in [-0.25, -0.2) is 9.59 Å². The standard InChI is InChI=1S/C23H20O4.C16H13ClO4/c1-16(24)19-7-9-20(10-8-19)23(25)27-22-13-5-18(6-14-22)15-17-3-11-21(26-2)12-4-17;1-10(18)11-3-5-12(6-4-11)16(19)21-13-7-8-15(20-2)14(17)9-13/h3-14H,15H2,1-2H3;3-9H,1-2H3. The van der Waals surface area contributed by atoms with Crippen LogP contribution in [0.3, 0.4) is 0 Å². The molecular formula is C39H33ClO8. The lowest BCUT2D eigenvalue weighted by molar-refractivity contribution is 0.0725. The highest BCUT2D eigenvalue weighted by atomic mass is 35.5. The molecule has 0 spiro atoms. The molecule has 5 aromatic rings. The number of methoxy groups -OCH3 is 2. The van der Waals surface area contributed by atoms with Gasteiger partial charge in [0.1, 0.15) is 23.0 Å². The van der Waals surface area contributed by atoms with Gasteiger partial charge in [0.25, 0.3) is 0 Å². The normalized spacial score (nSPS) is 10.2. The zero-order valence-electron chi connectivity index (χ0n) is 26.8. The number of carbonyl (C=O) groups is 4. The van der Waals surface area contributed by atoms with Crippen molar-refractivity contribution in [2.45, 2.75) is 20.3 Å². The van der Waals surface area contributed by atoms with E-state index in [2.05, 4.69) is 0 Å². The van der Waals surface area contributed by atoms with Gasteiger partial charge in [-0.05, 0) is 92.1 Å². The molecule has 0 bridgehead atoms. The molecule has 0 saturated carbocycles. The van der Waals surface area contributed by atoms with Crippen molar-refractivity contribution in [3.8, 4) is 23.0 Å². The van der Waals surface area contributed by atoms with Gasteiger partial charge in [0.05, 0.1) is 30.4 Å². The molecule has 5 rings (SSSR count). The Morgan fingerprint density at radius 2 is 0.896 bits per heavy atom. The van der Waals surface area contributed by atoms with E-state index in [-0.39, 0.29) is 11.6 Å². The lowest BCUT2D eigenvalue weighted by atomic mass is 10.0. The first kappa shape index (κ1) is 35.1. The molecule has 48 heavy (non-hydrogen) atoms. The largest absolute Gasteiger partial charge is 0.497 e. The van der Waals surface area contributed by atoms with Crippen molar-refractivity contribution < 1.29 is 38.1 Å². The Hall–Kier alpha value is -5.73. The highest BCUT2D eigenvalue weighted by Gasteiger charge is 2.12. The van der Waals surface area contributed by atoms with E-state index in [1.165, 1.54) is 32.6 Å². The van der Waals surface area contributed by atoms with Crippen molar-refractivity contribution in [1.29, 1.82) is 0 Å². The van der Waals surface area contributed by atoms with Crippen molar-refractivity contribution in [3.63, 3.8) is 0 Å². The molecule has 0 aromatic heterocycles. The van der Waals surface area contributed by atoms with Crippen LogP contribution >= 0.6 is 11.6 Å². The van der Waals surface area contributed by atoms with Crippen LogP contribution in [0.15, 0.2) is 115 Å². The summed E-state index contributed by atoms with van der Waals surface area (Å²) in [5.74, 6) is 1.06. The maximum absolute atomic E-state index is 12.2. The van der Waals surface area contributed by atoms with Gasteiger partial charge in [-0.3, -0.25) is 9.59 Å². The number of Topliss-reactive ketones (excluding diaryl/α,β-unsaturated/α-hetero) is 2. The summed E-state index contributed by atoms with van der Waals surface area (Å²) in [6.45, 7) is 2.95. The first-order chi connectivity index (χ1) is 23.1. The molecule has 0 N–H and O–H groups in total. The molecule has 5 aromatic carbocycles. The van der Waals surface area contributed by atoms with Crippen molar-refractivity contribution in [2.75, 3.05) is 14.2 Å². The molecule has 0 unspecified atom stereocenters. The Morgan fingerprint density at radius 1 is 0.500 bits per heavy atom. The maximum atomic E-state index is 12.2. The molecule has 8 nitrogen and oxygen atoms in total. The van der Waals surface area contributed by atoms with Gasteiger partial charge >= 0.3 is 11.9 Å². The Kier molecular flexibility index (Phi) is 12.2. The Bertz CT molecular complexity index is 1880. The smallest absolute Gasteiger partial charge is 0.343 e. The van der Waals surface area contributed by atoms with Gasteiger partial charge in [-0.2, -0.15) is 0 Å². The number of rotatable bonds is 10. The van der Waals surface area contributed by atoms with Crippen LogP contribution in [0.5, 0.6) is 23.0 Å². The van der Waals surface area contributed by atoms with Gasteiger partial charge in [-0.15, -0.1) is 0 Å². The Balaban J connectivity index is 0.000000224. The SMILES string of the molecule is COc1ccc(Cc2ccc(OC(=O)c3ccc(C(C)=O)cc3)cc2)cc1.COc1ccc(OC(=O)c2ccc(C(C)=O)cc2)cc1Cl. The van der Waals surface area contributed by atoms with Crippen LogP contribution in [0, 0.1) is 0 Å².